The second-order valence-electron chi connectivity index (χ2n) is 4.38. The molecule has 94 valence electrons. The number of rotatable bonds is 5. The number of carbonyl (C=O) groups is 1. The quantitative estimate of drug-likeness (QED) is 0.830. The minimum absolute atomic E-state index is 0.0204. The first kappa shape index (κ1) is 12.1. The summed E-state index contributed by atoms with van der Waals surface area (Å²) >= 11 is 0. The van der Waals surface area contributed by atoms with Crippen LogP contribution in [0.2, 0.25) is 0 Å². The maximum Gasteiger partial charge on any atom is 0.339 e. The molecule has 1 aromatic rings. The molecule has 2 rings (SSSR count). The van der Waals surface area contributed by atoms with E-state index in [2.05, 4.69) is 5.10 Å². The Kier molecular flexibility index (Phi) is 2.94. The van der Waals surface area contributed by atoms with Crippen LogP contribution in [0.15, 0.2) is 6.20 Å². The lowest BCUT2D eigenvalue weighted by molar-refractivity contribution is 0.0695. The Morgan fingerprint density at radius 3 is 2.71 bits per heavy atom. The van der Waals surface area contributed by atoms with Gasteiger partial charge in [-0.3, -0.25) is 4.68 Å². The SMILES string of the molecule is CS(=O)(=O)CCn1ncc(C(=O)O)c1C1CC1. The van der Waals surface area contributed by atoms with E-state index in [0.29, 0.717) is 5.69 Å². The molecule has 1 aliphatic carbocycles. The molecule has 7 heteroatoms. The van der Waals surface area contributed by atoms with Gasteiger partial charge in [-0.2, -0.15) is 5.10 Å². The molecule has 0 aliphatic heterocycles. The third kappa shape index (κ3) is 2.85. The summed E-state index contributed by atoms with van der Waals surface area (Å²) in [7, 11) is -3.06. The van der Waals surface area contributed by atoms with E-state index in [0.717, 1.165) is 19.1 Å². The highest BCUT2D eigenvalue weighted by molar-refractivity contribution is 7.90. The zero-order valence-electron chi connectivity index (χ0n) is 9.46. The number of hydrogen-bond acceptors (Lipinski definition) is 4. The monoisotopic (exact) mass is 258 g/mol. The number of hydrogen-bond donors (Lipinski definition) is 1. The summed E-state index contributed by atoms with van der Waals surface area (Å²) in [5, 5.41) is 13.0. The van der Waals surface area contributed by atoms with Crippen molar-refractivity contribution in [2.75, 3.05) is 12.0 Å². The van der Waals surface area contributed by atoms with E-state index in [1.54, 1.807) is 0 Å². The molecule has 0 bridgehead atoms. The van der Waals surface area contributed by atoms with Crippen LogP contribution in [-0.2, 0) is 16.4 Å². The molecule has 0 unspecified atom stereocenters. The summed E-state index contributed by atoms with van der Waals surface area (Å²) < 4.78 is 23.7. The third-order valence-electron chi connectivity index (χ3n) is 2.75. The van der Waals surface area contributed by atoms with E-state index in [-0.39, 0.29) is 23.8 Å². The van der Waals surface area contributed by atoms with Gasteiger partial charge in [0.1, 0.15) is 15.4 Å². The van der Waals surface area contributed by atoms with E-state index in [4.69, 9.17) is 5.11 Å². The van der Waals surface area contributed by atoms with Crippen molar-refractivity contribution < 1.29 is 18.3 Å². The molecule has 1 fully saturated rings. The highest BCUT2D eigenvalue weighted by atomic mass is 32.2. The first-order chi connectivity index (χ1) is 7.88. The van der Waals surface area contributed by atoms with E-state index in [1.807, 2.05) is 0 Å². The van der Waals surface area contributed by atoms with Crippen LogP contribution in [0.25, 0.3) is 0 Å². The molecular formula is C10H14N2O4S. The highest BCUT2D eigenvalue weighted by Crippen LogP contribution is 2.41. The van der Waals surface area contributed by atoms with Crippen LogP contribution < -0.4 is 0 Å². The fourth-order valence-corrected chi connectivity index (χ4v) is 2.28. The molecule has 17 heavy (non-hydrogen) atoms. The van der Waals surface area contributed by atoms with Crippen LogP contribution >= 0.6 is 0 Å². The maximum absolute atomic E-state index is 11.1. The molecule has 1 heterocycles. The molecule has 0 aromatic carbocycles. The van der Waals surface area contributed by atoms with Gasteiger partial charge in [0.25, 0.3) is 0 Å². The van der Waals surface area contributed by atoms with Crippen molar-refractivity contribution in [1.29, 1.82) is 0 Å². The topological polar surface area (TPSA) is 89.3 Å². The van der Waals surface area contributed by atoms with Crippen LogP contribution in [0, 0.1) is 0 Å². The largest absolute Gasteiger partial charge is 0.478 e. The Hall–Kier alpha value is -1.37. The standard InChI is InChI=1S/C10H14N2O4S/c1-17(15,16)5-4-12-9(7-2-3-7)8(6-11-12)10(13)14/h6-7H,2-5H2,1H3,(H,13,14). The molecule has 0 spiro atoms. The molecule has 0 atom stereocenters. The first-order valence-corrected chi connectivity index (χ1v) is 7.41. The summed E-state index contributed by atoms with van der Waals surface area (Å²) in [6.45, 7) is 0.220. The Labute approximate surface area is 99.2 Å². The van der Waals surface area contributed by atoms with Gasteiger partial charge in [-0.1, -0.05) is 0 Å². The molecule has 6 nitrogen and oxygen atoms in total. The lowest BCUT2D eigenvalue weighted by Gasteiger charge is -2.06. The van der Waals surface area contributed by atoms with E-state index >= 15 is 0 Å². The Balaban J connectivity index is 2.25. The zero-order valence-corrected chi connectivity index (χ0v) is 10.3. The summed E-state index contributed by atoms with van der Waals surface area (Å²) in [5.74, 6) is -0.798. The fraction of sp³-hybridized carbons (Fsp3) is 0.600. The first-order valence-electron chi connectivity index (χ1n) is 5.35. The van der Waals surface area contributed by atoms with Gasteiger partial charge in [-0.25, -0.2) is 13.2 Å². The summed E-state index contributed by atoms with van der Waals surface area (Å²) in [5.41, 5.74) is 0.863. The number of carboxylic acids is 1. The molecule has 0 saturated heterocycles. The summed E-state index contributed by atoms with van der Waals surface area (Å²) in [6.07, 6.45) is 4.36. The van der Waals surface area contributed by atoms with Gasteiger partial charge in [0.05, 0.1) is 24.2 Å². The zero-order chi connectivity index (χ0) is 12.6. The van der Waals surface area contributed by atoms with Crippen LogP contribution in [0.1, 0.15) is 34.8 Å². The Morgan fingerprint density at radius 2 is 2.24 bits per heavy atom. The molecular weight excluding hydrogens is 244 g/mol. The number of sulfone groups is 1. The van der Waals surface area contributed by atoms with Crippen molar-refractivity contribution in [3.8, 4) is 0 Å². The molecule has 0 amide bonds. The molecule has 1 saturated carbocycles. The van der Waals surface area contributed by atoms with Gasteiger partial charge in [-0.05, 0) is 12.8 Å². The second-order valence-corrected chi connectivity index (χ2v) is 6.64. The van der Waals surface area contributed by atoms with Crippen molar-refractivity contribution >= 4 is 15.8 Å². The number of carboxylic acid groups (broad SMARTS) is 1. The minimum atomic E-state index is -3.06. The number of aryl methyl sites for hydroxylation is 1. The normalized spacial score (nSPS) is 16.1. The van der Waals surface area contributed by atoms with Gasteiger partial charge < -0.3 is 5.11 Å². The smallest absolute Gasteiger partial charge is 0.339 e. The van der Waals surface area contributed by atoms with Gasteiger partial charge in [0.2, 0.25) is 0 Å². The number of aromatic carboxylic acids is 1. The third-order valence-corrected chi connectivity index (χ3v) is 3.67. The lowest BCUT2D eigenvalue weighted by Crippen LogP contribution is -2.15. The average Bonchev–Trinajstić information content (AvgIpc) is 2.93. The average molecular weight is 258 g/mol. The predicted octanol–water partition coefficient (Wildman–Crippen LogP) is 0.503. The van der Waals surface area contributed by atoms with Crippen molar-refractivity contribution in [2.24, 2.45) is 0 Å². The summed E-state index contributed by atoms with van der Waals surface area (Å²) in [4.78, 5) is 11.0. The van der Waals surface area contributed by atoms with Gasteiger partial charge in [0.15, 0.2) is 0 Å². The molecule has 1 aromatic heterocycles. The Bertz CT molecular complexity index is 543. The minimum Gasteiger partial charge on any atom is -0.478 e. The van der Waals surface area contributed by atoms with E-state index < -0.39 is 15.8 Å². The lowest BCUT2D eigenvalue weighted by atomic mass is 10.2. The van der Waals surface area contributed by atoms with Crippen molar-refractivity contribution in [3.63, 3.8) is 0 Å². The van der Waals surface area contributed by atoms with Crippen LogP contribution in [0.4, 0.5) is 0 Å². The van der Waals surface area contributed by atoms with E-state index in [9.17, 15) is 13.2 Å². The van der Waals surface area contributed by atoms with Gasteiger partial charge >= 0.3 is 5.97 Å². The van der Waals surface area contributed by atoms with Gasteiger partial charge in [-0.15, -0.1) is 0 Å². The van der Waals surface area contributed by atoms with Crippen LogP contribution in [-0.4, -0.2) is 41.3 Å². The van der Waals surface area contributed by atoms with E-state index in [1.165, 1.54) is 10.9 Å². The van der Waals surface area contributed by atoms with Crippen molar-refractivity contribution in [2.45, 2.75) is 25.3 Å². The highest BCUT2D eigenvalue weighted by Gasteiger charge is 2.32. The van der Waals surface area contributed by atoms with Gasteiger partial charge in [0, 0.05) is 12.2 Å². The second kappa shape index (κ2) is 4.14. The van der Waals surface area contributed by atoms with Crippen LogP contribution in [0.5, 0.6) is 0 Å². The fourth-order valence-electron chi connectivity index (χ4n) is 1.78. The maximum atomic E-state index is 11.1. The molecule has 1 N–H and O–H groups in total. The molecule has 0 radical (unpaired) electrons. The molecule has 1 aliphatic rings. The number of aromatic nitrogens is 2. The summed E-state index contributed by atoms with van der Waals surface area (Å²) in [6, 6.07) is 0. The van der Waals surface area contributed by atoms with Crippen molar-refractivity contribution in [1.82, 2.24) is 9.78 Å². The van der Waals surface area contributed by atoms with Crippen molar-refractivity contribution in [3.05, 3.63) is 17.5 Å². The number of nitrogens with zero attached hydrogens (tertiary/aromatic N) is 2. The predicted molar refractivity (Wildman–Crippen MR) is 60.9 cm³/mol. The Morgan fingerprint density at radius 1 is 1.59 bits per heavy atom. The van der Waals surface area contributed by atoms with Crippen LogP contribution in [0.3, 0.4) is 0 Å².